The number of aliphatic hydroxyl groups excluding tert-OH is 2. The van der Waals surface area contributed by atoms with Gasteiger partial charge in [0.1, 0.15) is 30.0 Å². The molecule has 10 N–H and O–H groups in total. The summed E-state index contributed by atoms with van der Waals surface area (Å²) in [6.07, 6.45) is -4.09. The predicted octanol–water partition coefficient (Wildman–Crippen LogP) is -3.37. The Morgan fingerprint density at radius 3 is 2.18 bits per heavy atom. The van der Waals surface area contributed by atoms with Gasteiger partial charge in [-0.2, -0.15) is 0 Å². The van der Waals surface area contributed by atoms with Crippen molar-refractivity contribution in [1.82, 2.24) is 10.2 Å². The second-order valence-electron chi connectivity index (χ2n) is 10.2. The van der Waals surface area contributed by atoms with E-state index in [0.717, 1.165) is 19.4 Å². The van der Waals surface area contributed by atoms with Gasteiger partial charge in [-0.05, 0) is 47.3 Å². The number of nitrogens with two attached hydrogens (primary N) is 3. The average molecular weight is 478 g/mol. The Labute approximate surface area is 195 Å². The van der Waals surface area contributed by atoms with E-state index in [1.165, 1.54) is 0 Å². The predicted molar refractivity (Wildman–Crippen MR) is 120 cm³/mol. The number of ether oxygens (including phenoxy) is 4. The quantitative estimate of drug-likeness (QED) is 0.193. The Balaban J connectivity index is 1.67. The topological polar surface area (TPSA) is 191 Å². The van der Waals surface area contributed by atoms with Gasteiger partial charge in [-0.1, -0.05) is 0 Å². The molecule has 2 aliphatic heterocycles. The van der Waals surface area contributed by atoms with Gasteiger partial charge in [0.05, 0.1) is 24.8 Å². The summed E-state index contributed by atoms with van der Waals surface area (Å²) in [5, 5.41) is 35.2. The Kier molecular flexibility index (Phi) is 9.09. The minimum atomic E-state index is -1.28. The van der Waals surface area contributed by atoms with E-state index < -0.39 is 60.7 Å². The van der Waals surface area contributed by atoms with Crippen LogP contribution in [0.3, 0.4) is 0 Å². The number of nitrogens with one attached hydrogen (secondary N) is 1. The monoisotopic (exact) mass is 477 g/mol. The molecule has 12 atom stereocenters. The second kappa shape index (κ2) is 11.1. The fraction of sp³-hybridized carbons (Fsp3) is 1.00. The lowest BCUT2D eigenvalue weighted by Crippen LogP contribution is -2.68. The summed E-state index contributed by atoms with van der Waals surface area (Å²) in [6, 6.07) is -2.20. The summed E-state index contributed by atoms with van der Waals surface area (Å²) in [5.41, 5.74) is 17.5. The molecule has 33 heavy (non-hydrogen) atoms. The van der Waals surface area contributed by atoms with Crippen molar-refractivity contribution in [3.8, 4) is 0 Å². The Hall–Kier alpha value is -0.480. The van der Waals surface area contributed by atoms with Crippen LogP contribution < -0.4 is 22.5 Å². The summed E-state index contributed by atoms with van der Waals surface area (Å²) in [4.78, 5) is 2.04. The largest absolute Gasteiger partial charge is 0.388 e. The molecule has 0 aromatic heterocycles. The van der Waals surface area contributed by atoms with Crippen LogP contribution in [0.25, 0.3) is 0 Å². The minimum Gasteiger partial charge on any atom is -0.388 e. The van der Waals surface area contributed by atoms with E-state index in [1.807, 2.05) is 19.0 Å². The van der Waals surface area contributed by atoms with Gasteiger partial charge in [0.2, 0.25) is 0 Å². The van der Waals surface area contributed by atoms with Crippen LogP contribution in [-0.2, 0) is 18.9 Å². The van der Waals surface area contributed by atoms with Crippen molar-refractivity contribution in [2.24, 2.45) is 17.2 Å². The second-order valence-corrected chi connectivity index (χ2v) is 10.2. The molecule has 12 unspecified atom stereocenters. The van der Waals surface area contributed by atoms with Crippen molar-refractivity contribution in [3.05, 3.63) is 0 Å². The van der Waals surface area contributed by atoms with Crippen molar-refractivity contribution in [2.45, 2.75) is 99.1 Å². The van der Waals surface area contributed by atoms with Crippen LogP contribution in [-0.4, -0.2) is 127 Å². The maximum Gasteiger partial charge on any atom is 0.185 e. The van der Waals surface area contributed by atoms with Gasteiger partial charge in [-0.15, -0.1) is 0 Å². The molecule has 12 heteroatoms. The van der Waals surface area contributed by atoms with E-state index in [9.17, 15) is 15.3 Å². The third-order valence-corrected chi connectivity index (χ3v) is 6.85. The summed E-state index contributed by atoms with van der Waals surface area (Å²) in [7, 11) is 5.57. The molecule has 3 rings (SSSR count). The summed E-state index contributed by atoms with van der Waals surface area (Å²) in [5.74, 6) is 0. The highest BCUT2D eigenvalue weighted by Crippen LogP contribution is 2.31. The highest BCUT2D eigenvalue weighted by atomic mass is 16.7. The lowest BCUT2D eigenvalue weighted by molar-refractivity contribution is -0.307. The Morgan fingerprint density at radius 2 is 1.61 bits per heavy atom. The van der Waals surface area contributed by atoms with Crippen molar-refractivity contribution in [3.63, 3.8) is 0 Å². The van der Waals surface area contributed by atoms with Gasteiger partial charge < -0.3 is 61.7 Å². The molecule has 2 saturated heterocycles. The van der Waals surface area contributed by atoms with E-state index in [0.29, 0.717) is 6.42 Å². The van der Waals surface area contributed by atoms with Gasteiger partial charge in [0.25, 0.3) is 0 Å². The number of aliphatic hydroxyl groups is 3. The van der Waals surface area contributed by atoms with E-state index in [2.05, 4.69) is 5.32 Å². The molecule has 0 aromatic rings. The smallest absolute Gasteiger partial charge is 0.185 e. The molecule has 0 aromatic carbocycles. The number of rotatable bonds is 7. The lowest BCUT2D eigenvalue weighted by atomic mass is 9.84. The fourth-order valence-corrected chi connectivity index (χ4v) is 5.06. The first-order valence-electron chi connectivity index (χ1n) is 11.7. The molecular weight excluding hydrogens is 434 g/mol. The van der Waals surface area contributed by atoms with E-state index in [1.54, 1.807) is 14.0 Å². The zero-order valence-electron chi connectivity index (χ0n) is 20.0. The lowest BCUT2D eigenvalue weighted by Gasteiger charge is -2.48. The fourth-order valence-electron chi connectivity index (χ4n) is 5.06. The van der Waals surface area contributed by atoms with E-state index in [-0.39, 0.29) is 18.8 Å². The third kappa shape index (κ3) is 6.21. The SMILES string of the molecule is CNC1C(O)C(OC2C(N)CC(N)C(OC3OC(CN(C)C)CCC3N)C2O)OCC1(C)O. The zero-order valence-corrected chi connectivity index (χ0v) is 20.0. The van der Waals surface area contributed by atoms with Gasteiger partial charge in [0, 0.05) is 18.6 Å². The first-order chi connectivity index (χ1) is 15.4. The van der Waals surface area contributed by atoms with Crippen LogP contribution in [0.5, 0.6) is 0 Å². The van der Waals surface area contributed by atoms with Gasteiger partial charge in [-0.3, -0.25) is 0 Å². The molecule has 3 fully saturated rings. The summed E-state index contributed by atoms with van der Waals surface area (Å²) in [6.45, 7) is 2.24. The van der Waals surface area contributed by atoms with Crippen LogP contribution in [0.15, 0.2) is 0 Å². The maximum atomic E-state index is 11.1. The first-order valence-corrected chi connectivity index (χ1v) is 11.7. The molecule has 0 radical (unpaired) electrons. The first kappa shape index (κ1) is 27.1. The number of hydrogen-bond acceptors (Lipinski definition) is 12. The average Bonchev–Trinajstić information content (AvgIpc) is 2.71. The van der Waals surface area contributed by atoms with Gasteiger partial charge in [-0.25, -0.2) is 0 Å². The molecular formula is C21H43N5O7. The number of hydrogen-bond donors (Lipinski definition) is 7. The molecule has 0 amide bonds. The molecule has 2 heterocycles. The molecule has 1 saturated carbocycles. The van der Waals surface area contributed by atoms with Gasteiger partial charge in [0.15, 0.2) is 12.6 Å². The van der Waals surface area contributed by atoms with Crippen molar-refractivity contribution in [1.29, 1.82) is 0 Å². The van der Waals surface area contributed by atoms with Crippen molar-refractivity contribution >= 4 is 0 Å². The zero-order chi connectivity index (χ0) is 24.5. The van der Waals surface area contributed by atoms with Crippen LogP contribution in [0.4, 0.5) is 0 Å². The molecule has 12 nitrogen and oxygen atoms in total. The van der Waals surface area contributed by atoms with Crippen molar-refractivity contribution in [2.75, 3.05) is 34.3 Å². The Morgan fingerprint density at radius 1 is 1.00 bits per heavy atom. The standard InChI is InChI=1S/C21H43N5O7/c1-21(29)9-30-20(15(28)18(21)25-2)33-17-13(24)7-12(23)16(14(17)27)32-19-11(22)6-5-10(31-19)8-26(3)4/h10-20,25,27-29H,5-9,22-24H2,1-4H3. The molecule has 194 valence electrons. The Bertz CT molecular complexity index is 630. The van der Waals surface area contributed by atoms with Crippen LogP contribution in [0, 0.1) is 0 Å². The van der Waals surface area contributed by atoms with Crippen LogP contribution in [0.2, 0.25) is 0 Å². The number of likely N-dealkylation sites (N-methyl/N-ethyl adjacent to an activating group) is 2. The van der Waals surface area contributed by atoms with E-state index >= 15 is 0 Å². The molecule has 1 aliphatic carbocycles. The van der Waals surface area contributed by atoms with E-state index in [4.69, 9.17) is 36.1 Å². The minimum absolute atomic E-state index is 0.0342. The van der Waals surface area contributed by atoms with Gasteiger partial charge >= 0.3 is 0 Å². The van der Waals surface area contributed by atoms with Crippen molar-refractivity contribution < 1.29 is 34.3 Å². The third-order valence-electron chi connectivity index (χ3n) is 6.85. The molecule has 3 aliphatic rings. The highest BCUT2D eigenvalue weighted by Gasteiger charge is 2.50. The maximum absolute atomic E-state index is 11.1. The normalized spacial score (nSPS) is 49.4. The summed E-state index contributed by atoms with van der Waals surface area (Å²) < 4.78 is 23.7. The molecule has 0 bridgehead atoms. The number of nitrogens with zero attached hydrogens (tertiary/aromatic N) is 1. The summed E-state index contributed by atoms with van der Waals surface area (Å²) >= 11 is 0. The van der Waals surface area contributed by atoms with Crippen LogP contribution in [0.1, 0.15) is 26.2 Å². The molecule has 0 spiro atoms. The highest BCUT2D eigenvalue weighted by molar-refractivity contribution is 5.02. The van der Waals surface area contributed by atoms with Crippen LogP contribution >= 0.6 is 0 Å².